The Morgan fingerprint density at radius 2 is 2.00 bits per heavy atom. The maximum atomic E-state index is 12.3. The Balaban J connectivity index is 1.79. The third-order valence-corrected chi connectivity index (χ3v) is 4.19. The minimum Gasteiger partial charge on any atom is -0.469 e. The van der Waals surface area contributed by atoms with Gasteiger partial charge in [-0.15, -0.1) is 5.10 Å². The summed E-state index contributed by atoms with van der Waals surface area (Å²) in [5.41, 5.74) is 0.518. The van der Waals surface area contributed by atoms with E-state index in [0.29, 0.717) is 40.9 Å². The Kier molecular flexibility index (Phi) is 5.40. The van der Waals surface area contributed by atoms with E-state index in [2.05, 4.69) is 15.4 Å². The molecule has 0 fully saturated rings. The van der Waals surface area contributed by atoms with E-state index >= 15 is 0 Å². The van der Waals surface area contributed by atoms with Crippen molar-refractivity contribution < 1.29 is 9.21 Å². The number of rotatable bonds is 6. The van der Waals surface area contributed by atoms with Crippen molar-refractivity contribution in [2.45, 2.75) is 19.8 Å². The Labute approximate surface area is 154 Å². The van der Waals surface area contributed by atoms with E-state index in [1.165, 1.54) is 4.68 Å². The van der Waals surface area contributed by atoms with Crippen LogP contribution in [0, 0.1) is 0 Å². The molecule has 1 aromatic carbocycles. The lowest BCUT2D eigenvalue weighted by Gasteiger charge is -2.08. The van der Waals surface area contributed by atoms with Gasteiger partial charge in [0.2, 0.25) is 5.82 Å². The number of halogens is 2. The van der Waals surface area contributed by atoms with E-state index in [0.717, 1.165) is 5.76 Å². The molecule has 130 valence electrons. The molecule has 0 unspecified atom stereocenters. The van der Waals surface area contributed by atoms with E-state index in [1.807, 2.05) is 13.0 Å². The zero-order valence-electron chi connectivity index (χ0n) is 13.5. The molecule has 8 heteroatoms. The van der Waals surface area contributed by atoms with E-state index in [1.54, 1.807) is 30.5 Å². The summed E-state index contributed by atoms with van der Waals surface area (Å²) in [5, 5.41) is 7.95. The van der Waals surface area contributed by atoms with Crippen LogP contribution in [0.4, 0.5) is 0 Å². The van der Waals surface area contributed by atoms with Gasteiger partial charge in [0.1, 0.15) is 17.3 Å². The quantitative estimate of drug-likeness (QED) is 0.709. The van der Waals surface area contributed by atoms with Crippen molar-refractivity contribution in [3.8, 4) is 5.69 Å². The summed E-state index contributed by atoms with van der Waals surface area (Å²) in [4.78, 5) is 16.6. The molecule has 25 heavy (non-hydrogen) atoms. The van der Waals surface area contributed by atoms with Crippen LogP contribution in [0.1, 0.15) is 29.1 Å². The third-order valence-electron chi connectivity index (χ3n) is 3.58. The van der Waals surface area contributed by atoms with Crippen molar-refractivity contribution in [3.05, 3.63) is 64.0 Å². The summed E-state index contributed by atoms with van der Waals surface area (Å²) >= 11 is 12.5. The Bertz CT molecular complexity index is 855. The second-order valence-electron chi connectivity index (χ2n) is 5.27. The first-order valence-electron chi connectivity index (χ1n) is 7.81. The van der Waals surface area contributed by atoms with Crippen molar-refractivity contribution in [1.29, 1.82) is 0 Å². The molecule has 0 aliphatic rings. The van der Waals surface area contributed by atoms with Crippen molar-refractivity contribution in [3.63, 3.8) is 0 Å². The standard InChI is InChI=1S/C17H16Cl2N4O2/c1-2-14-21-16(17(24)20-9-8-11-5-4-10-25-11)22-23(14)15-12(18)6-3-7-13(15)19/h3-7,10H,2,8-9H2,1H3,(H,20,24). The van der Waals surface area contributed by atoms with Crippen LogP contribution in [0.2, 0.25) is 10.0 Å². The number of amides is 1. The van der Waals surface area contributed by atoms with Gasteiger partial charge in [-0.1, -0.05) is 36.2 Å². The number of nitrogens with one attached hydrogen (secondary N) is 1. The molecule has 3 aromatic rings. The number of benzene rings is 1. The highest BCUT2D eigenvalue weighted by atomic mass is 35.5. The topological polar surface area (TPSA) is 73.0 Å². The van der Waals surface area contributed by atoms with Gasteiger partial charge in [0.15, 0.2) is 0 Å². The van der Waals surface area contributed by atoms with Crippen LogP contribution in [-0.4, -0.2) is 27.2 Å². The van der Waals surface area contributed by atoms with Gasteiger partial charge in [-0.2, -0.15) is 0 Å². The number of nitrogens with zero attached hydrogens (tertiary/aromatic N) is 3. The molecule has 0 bridgehead atoms. The molecule has 0 aliphatic heterocycles. The number of furan rings is 1. The van der Waals surface area contributed by atoms with Gasteiger partial charge < -0.3 is 9.73 Å². The fraction of sp³-hybridized carbons (Fsp3) is 0.235. The van der Waals surface area contributed by atoms with E-state index in [-0.39, 0.29) is 11.7 Å². The van der Waals surface area contributed by atoms with E-state index in [9.17, 15) is 4.79 Å². The normalized spacial score (nSPS) is 10.8. The number of carbonyl (C=O) groups is 1. The summed E-state index contributed by atoms with van der Waals surface area (Å²) in [6.07, 6.45) is 2.77. The first-order chi connectivity index (χ1) is 12.1. The maximum absolute atomic E-state index is 12.3. The smallest absolute Gasteiger partial charge is 0.290 e. The van der Waals surface area contributed by atoms with E-state index < -0.39 is 0 Å². The third kappa shape index (κ3) is 3.86. The van der Waals surface area contributed by atoms with Crippen LogP contribution >= 0.6 is 23.2 Å². The Morgan fingerprint density at radius 1 is 1.24 bits per heavy atom. The van der Waals surface area contributed by atoms with Gasteiger partial charge in [-0.3, -0.25) is 4.79 Å². The molecule has 3 rings (SSSR count). The van der Waals surface area contributed by atoms with Crippen LogP contribution < -0.4 is 5.32 Å². The van der Waals surface area contributed by atoms with Gasteiger partial charge >= 0.3 is 0 Å². The number of hydrogen-bond donors (Lipinski definition) is 1. The van der Waals surface area contributed by atoms with Crippen molar-refractivity contribution in [1.82, 2.24) is 20.1 Å². The average Bonchev–Trinajstić information content (AvgIpc) is 3.24. The van der Waals surface area contributed by atoms with Gasteiger partial charge in [0.25, 0.3) is 5.91 Å². The summed E-state index contributed by atoms with van der Waals surface area (Å²) in [6, 6.07) is 8.84. The zero-order chi connectivity index (χ0) is 17.8. The molecular weight excluding hydrogens is 363 g/mol. The molecule has 0 atom stereocenters. The number of hydrogen-bond acceptors (Lipinski definition) is 4. The molecule has 0 radical (unpaired) electrons. The fourth-order valence-electron chi connectivity index (χ4n) is 2.37. The largest absolute Gasteiger partial charge is 0.469 e. The second-order valence-corrected chi connectivity index (χ2v) is 6.09. The molecule has 1 N–H and O–H groups in total. The Hall–Kier alpha value is -2.31. The summed E-state index contributed by atoms with van der Waals surface area (Å²) < 4.78 is 6.75. The predicted octanol–water partition coefficient (Wildman–Crippen LogP) is 3.70. The van der Waals surface area contributed by atoms with Crippen LogP contribution in [0.15, 0.2) is 41.0 Å². The molecule has 2 heterocycles. The predicted molar refractivity (Wildman–Crippen MR) is 95.5 cm³/mol. The number of aryl methyl sites for hydroxylation is 1. The summed E-state index contributed by atoms with van der Waals surface area (Å²) in [7, 11) is 0. The highest BCUT2D eigenvalue weighted by molar-refractivity contribution is 6.37. The van der Waals surface area contributed by atoms with Crippen molar-refractivity contribution in [2.24, 2.45) is 0 Å². The number of carbonyl (C=O) groups excluding carboxylic acids is 1. The molecule has 1 amide bonds. The zero-order valence-corrected chi connectivity index (χ0v) is 15.0. The number of para-hydroxylation sites is 1. The van der Waals surface area contributed by atoms with Gasteiger partial charge in [-0.25, -0.2) is 9.67 Å². The molecule has 0 saturated carbocycles. The first kappa shape index (κ1) is 17.5. The molecule has 0 aliphatic carbocycles. The molecule has 0 saturated heterocycles. The minimum absolute atomic E-state index is 0.0762. The fourth-order valence-corrected chi connectivity index (χ4v) is 2.93. The van der Waals surface area contributed by atoms with Crippen LogP contribution in [0.25, 0.3) is 5.69 Å². The lowest BCUT2D eigenvalue weighted by atomic mass is 10.3. The monoisotopic (exact) mass is 378 g/mol. The second kappa shape index (κ2) is 7.72. The molecule has 0 spiro atoms. The summed E-state index contributed by atoms with van der Waals surface area (Å²) in [6.45, 7) is 2.35. The lowest BCUT2D eigenvalue weighted by Crippen LogP contribution is -2.26. The van der Waals surface area contributed by atoms with E-state index in [4.69, 9.17) is 27.6 Å². The minimum atomic E-state index is -0.358. The van der Waals surface area contributed by atoms with Gasteiger partial charge in [-0.05, 0) is 24.3 Å². The Morgan fingerprint density at radius 3 is 2.64 bits per heavy atom. The van der Waals surface area contributed by atoms with Crippen molar-refractivity contribution >= 4 is 29.1 Å². The highest BCUT2D eigenvalue weighted by Crippen LogP contribution is 2.28. The van der Waals surface area contributed by atoms with Gasteiger partial charge in [0.05, 0.1) is 16.3 Å². The molecule has 2 aromatic heterocycles. The lowest BCUT2D eigenvalue weighted by molar-refractivity contribution is 0.0943. The average molecular weight is 379 g/mol. The van der Waals surface area contributed by atoms with Crippen molar-refractivity contribution in [2.75, 3.05) is 6.54 Å². The van der Waals surface area contributed by atoms with Crippen LogP contribution in [0.3, 0.4) is 0 Å². The van der Waals surface area contributed by atoms with Gasteiger partial charge in [0, 0.05) is 19.4 Å². The molecule has 6 nitrogen and oxygen atoms in total. The highest BCUT2D eigenvalue weighted by Gasteiger charge is 2.19. The SMILES string of the molecule is CCc1nc(C(=O)NCCc2ccco2)nn1-c1c(Cl)cccc1Cl. The number of aromatic nitrogens is 3. The summed E-state index contributed by atoms with van der Waals surface area (Å²) in [5.74, 6) is 1.12. The van der Waals surface area contributed by atoms with Crippen LogP contribution in [-0.2, 0) is 12.8 Å². The van der Waals surface area contributed by atoms with Crippen LogP contribution in [0.5, 0.6) is 0 Å². The first-order valence-corrected chi connectivity index (χ1v) is 8.56. The molecular formula is C17H16Cl2N4O2. The maximum Gasteiger partial charge on any atom is 0.290 e.